The number of pyridine rings is 1. The minimum absolute atomic E-state index is 0.411. The van der Waals surface area contributed by atoms with E-state index >= 15 is 0 Å². The number of rotatable bonds is 1. The number of hydrogen-bond donors (Lipinski definition) is 0. The van der Waals surface area contributed by atoms with E-state index in [-0.39, 0.29) is 0 Å². The van der Waals surface area contributed by atoms with E-state index in [2.05, 4.69) is 31.8 Å². The van der Waals surface area contributed by atoms with Gasteiger partial charge < -0.3 is 9.80 Å². The van der Waals surface area contributed by atoms with Crippen molar-refractivity contribution in [1.82, 2.24) is 19.9 Å². The summed E-state index contributed by atoms with van der Waals surface area (Å²) in [4.78, 5) is 17.3. The van der Waals surface area contributed by atoms with E-state index in [4.69, 9.17) is 23.2 Å². The van der Waals surface area contributed by atoms with E-state index in [9.17, 15) is 0 Å². The summed E-state index contributed by atoms with van der Waals surface area (Å²) in [6.45, 7) is 3.78. The molecule has 1 saturated heterocycles. The summed E-state index contributed by atoms with van der Waals surface area (Å²) >= 11 is 12.1. The van der Waals surface area contributed by atoms with Gasteiger partial charge in [0.05, 0.1) is 11.7 Å². The Morgan fingerprint density at radius 3 is 2.53 bits per heavy atom. The topological polar surface area (TPSA) is 45.2 Å². The molecule has 3 heterocycles. The van der Waals surface area contributed by atoms with Crippen LogP contribution in [0.3, 0.4) is 0 Å². The van der Waals surface area contributed by atoms with Crippen LogP contribution in [-0.2, 0) is 0 Å². The highest BCUT2D eigenvalue weighted by atomic mass is 35.5. The van der Waals surface area contributed by atoms with Crippen molar-refractivity contribution in [1.29, 1.82) is 0 Å². The largest absolute Gasteiger partial charge is 0.351 e. The van der Waals surface area contributed by atoms with Crippen LogP contribution in [0.4, 0.5) is 5.82 Å². The predicted octanol–water partition coefficient (Wildman–Crippen LogP) is 2.08. The first-order valence-corrected chi connectivity index (χ1v) is 6.81. The number of hydrogen-bond acceptors (Lipinski definition) is 5. The van der Waals surface area contributed by atoms with Crippen molar-refractivity contribution in [3.05, 3.63) is 22.6 Å². The minimum Gasteiger partial charge on any atom is -0.351 e. The number of nitrogens with zero attached hydrogens (tertiary/aromatic N) is 5. The Hall–Kier alpha value is -1.17. The molecular weight excluding hydrogens is 285 g/mol. The molecule has 0 radical (unpaired) electrons. The van der Waals surface area contributed by atoms with E-state index in [0.717, 1.165) is 37.5 Å². The first-order valence-electron chi connectivity index (χ1n) is 6.06. The number of likely N-dealkylation sites (N-methyl/N-ethyl adjacent to an activating group) is 1. The molecule has 0 aliphatic carbocycles. The van der Waals surface area contributed by atoms with Crippen LogP contribution in [0.15, 0.2) is 12.3 Å². The maximum atomic E-state index is 6.22. The summed E-state index contributed by atoms with van der Waals surface area (Å²) in [6, 6.07) is 1.71. The maximum absolute atomic E-state index is 6.22. The normalized spacial score (nSPS) is 17.1. The molecule has 0 saturated carbocycles. The lowest BCUT2D eigenvalue weighted by Gasteiger charge is -2.33. The maximum Gasteiger partial charge on any atom is 0.172 e. The highest BCUT2D eigenvalue weighted by Crippen LogP contribution is 2.26. The van der Waals surface area contributed by atoms with Crippen molar-refractivity contribution in [2.24, 2.45) is 0 Å². The Bertz CT molecular complexity index is 610. The standard InChI is InChI=1S/C12H13Cl2N5/c1-18-2-4-19(5-3-18)12-11(14)16-9-7-15-10(13)6-8(9)17-12/h6-7H,2-5H2,1H3. The van der Waals surface area contributed by atoms with Crippen LogP contribution >= 0.6 is 23.2 Å². The molecular formula is C12H13Cl2N5. The molecule has 3 rings (SSSR count). The molecule has 0 unspecified atom stereocenters. The number of halogens is 2. The van der Waals surface area contributed by atoms with Crippen molar-refractivity contribution >= 4 is 40.1 Å². The van der Waals surface area contributed by atoms with E-state index in [0.29, 0.717) is 15.8 Å². The molecule has 19 heavy (non-hydrogen) atoms. The Morgan fingerprint density at radius 2 is 1.79 bits per heavy atom. The van der Waals surface area contributed by atoms with Crippen LogP contribution < -0.4 is 4.90 Å². The molecule has 0 spiro atoms. The second-order valence-electron chi connectivity index (χ2n) is 4.62. The molecule has 2 aromatic rings. The van der Waals surface area contributed by atoms with Crippen molar-refractivity contribution in [3.63, 3.8) is 0 Å². The van der Waals surface area contributed by atoms with Gasteiger partial charge in [-0.3, -0.25) is 0 Å². The van der Waals surface area contributed by atoms with E-state index < -0.39 is 0 Å². The minimum atomic E-state index is 0.411. The first-order chi connectivity index (χ1) is 9.13. The molecule has 5 nitrogen and oxygen atoms in total. The van der Waals surface area contributed by atoms with Gasteiger partial charge in [-0.1, -0.05) is 23.2 Å². The fraction of sp³-hybridized carbons (Fsp3) is 0.417. The van der Waals surface area contributed by atoms with Crippen molar-refractivity contribution in [3.8, 4) is 0 Å². The smallest absolute Gasteiger partial charge is 0.172 e. The molecule has 0 N–H and O–H groups in total. The molecule has 0 aromatic carbocycles. The van der Waals surface area contributed by atoms with E-state index in [1.807, 2.05) is 0 Å². The zero-order valence-electron chi connectivity index (χ0n) is 10.5. The van der Waals surface area contributed by atoms with Gasteiger partial charge in [-0.15, -0.1) is 0 Å². The van der Waals surface area contributed by atoms with Crippen molar-refractivity contribution < 1.29 is 0 Å². The van der Waals surface area contributed by atoms with Gasteiger partial charge in [0, 0.05) is 32.2 Å². The van der Waals surface area contributed by atoms with Crippen LogP contribution in [-0.4, -0.2) is 53.1 Å². The fourth-order valence-electron chi connectivity index (χ4n) is 2.12. The van der Waals surface area contributed by atoms with Gasteiger partial charge in [0.25, 0.3) is 0 Å². The Balaban J connectivity index is 2.00. The molecule has 1 aliphatic rings. The third kappa shape index (κ3) is 2.59. The summed E-state index contributed by atoms with van der Waals surface area (Å²) in [5, 5.41) is 0.828. The summed E-state index contributed by atoms with van der Waals surface area (Å²) in [7, 11) is 2.11. The highest BCUT2D eigenvalue weighted by Gasteiger charge is 2.19. The average Bonchev–Trinajstić information content (AvgIpc) is 2.40. The van der Waals surface area contributed by atoms with Gasteiger partial charge in [-0.05, 0) is 7.05 Å². The third-order valence-corrected chi connectivity index (χ3v) is 3.72. The van der Waals surface area contributed by atoms with Gasteiger partial charge >= 0.3 is 0 Å². The highest BCUT2D eigenvalue weighted by molar-refractivity contribution is 6.32. The Morgan fingerprint density at radius 1 is 1.05 bits per heavy atom. The molecule has 1 aliphatic heterocycles. The Labute approximate surface area is 121 Å². The van der Waals surface area contributed by atoms with Gasteiger partial charge in [0.15, 0.2) is 11.0 Å². The predicted molar refractivity (Wildman–Crippen MR) is 77.1 cm³/mol. The van der Waals surface area contributed by atoms with Gasteiger partial charge in [0.1, 0.15) is 10.7 Å². The lowest BCUT2D eigenvalue weighted by Crippen LogP contribution is -2.45. The zero-order chi connectivity index (χ0) is 13.4. The lowest BCUT2D eigenvalue weighted by atomic mass is 10.3. The molecule has 0 bridgehead atoms. The van der Waals surface area contributed by atoms with Crippen LogP contribution in [0.5, 0.6) is 0 Å². The molecule has 100 valence electrons. The Kier molecular flexibility index (Phi) is 3.43. The van der Waals surface area contributed by atoms with Gasteiger partial charge in [-0.2, -0.15) is 0 Å². The van der Waals surface area contributed by atoms with Crippen LogP contribution in [0.25, 0.3) is 11.0 Å². The molecule has 2 aromatic heterocycles. The summed E-state index contributed by atoms with van der Waals surface area (Å²) < 4.78 is 0. The van der Waals surface area contributed by atoms with Crippen LogP contribution in [0.1, 0.15) is 0 Å². The second-order valence-corrected chi connectivity index (χ2v) is 5.37. The monoisotopic (exact) mass is 297 g/mol. The summed E-state index contributed by atoms with van der Waals surface area (Å²) in [5.41, 5.74) is 1.38. The van der Waals surface area contributed by atoms with Crippen LogP contribution in [0.2, 0.25) is 10.3 Å². The summed E-state index contributed by atoms with van der Waals surface area (Å²) in [6.07, 6.45) is 1.59. The number of fused-ring (bicyclic) bond motifs is 1. The summed E-state index contributed by atoms with van der Waals surface area (Å²) in [5.74, 6) is 0.726. The van der Waals surface area contributed by atoms with Gasteiger partial charge in [-0.25, -0.2) is 15.0 Å². The molecule has 0 amide bonds. The molecule has 0 atom stereocenters. The number of anilines is 1. The molecule has 7 heteroatoms. The van der Waals surface area contributed by atoms with E-state index in [1.54, 1.807) is 12.3 Å². The quantitative estimate of drug-likeness (QED) is 0.754. The second kappa shape index (κ2) is 5.07. The van der Waals surface area contributed by atoms with Gasteiger partial charge in [0.2, 0.25) is 0 Å². The SMILES string of the molecule is CN1CCN(c2nc3cc(Cl)ncc3nc2Cl)CC1. The van der Waals surface area contributed by atoms with Crippen LogP contribution in [0, 0.1) is 0 Å². The zero-order valence-corrected chi connectivity index (χ0v) is 12.0. The molecule has 1 fully saturated rings. The fourth-order valence-corrected chi connectivity index (χ4v) is 2.53. The third-order valence-electron chi connectivity index (χ3n) is 3.26. The van der Waals surface area contributed by atoms with Crippen molar-refractivity contribution in [2.45, 2.75) is 0 Å². The lowest BCUT2D eigenvalue weighted by molar-refractivity contribution is 0.312. The average molecular weight is 298 g/mol. The van der Waals surface area contributed by atoms with E-state index in [1.165, 1.54) is 0 Å². The number of piperazine rings is 1. The number of aromatic nitrogens is 3. The van der Waals surface area contributed by atoms with Crippen molar-refractivity contribution in [2.75, 3.05) is 38.1 Å². The first kappa shape index (κ1) is 12.8.